The molecule has 1 N–H and O–H groups in total. The molecule has 0 bridgehead atoms. The van der Waals surface area contributed by atoms with E-state index in [1.54, 1.807) is 0 Å². The van der Waals surface area contributed by atoms with Gasteiger partial charge in [-0.2, -0.15) is 0 Å². The Bertz CT molecular complexity index is 843. The van der Waals surface area contributed by atoms with Gasteiger partial charge in [0.05, 0.1) is 0 Å². The van der Waals surface area contributed by atoms with Crippen LogP contribution in [0.1, 0.15) is 68.9 Å². The number of halogens is 1. The number of rotatable bonds is 6. The van der Waals surface area contributed by atoms with Gasteiger partial charge in [0.15, 0.2) is 0 Å². The highest BCUT2D eigenvalue weighted by Gasteiger charge is 2.30. The van der Waals surface area contributed by atoms with E-state index in [4.69, 9.17) is 11.8 Å². The Labute approximate surface area is 178 Å². The van der Waals surface area contributed by atoms with Crippen molar-refractivity contribution < 1.29 is 5.11 Å². The molecule has 0 aliphatic rings. The first-order valence-corrected chi connectivity index (χ1v) is 11.3. The number of benzene rings is 2. The van der Waals surface area contributed by atoms with Crippen molar-refractivity contribution in [1.29, 1.82) is 0 Å². The van der Waals surface area contributed by atoms with E-state index in [1.165, 1.54) is 22.0 Å². The highest BCUT2D eigenvalue weighted by atomic mass is 35.5. The maximum Gasteiger partial charge on any atom is 0.122 e. The molecule has 2 nitrogen and oxygen atoms in total. The molecule has 0 amide bonds. The number of hydrogen-bond donors (Lipinski definition) is 1. The second-order valence-corrected chi connectivity index (χ2v) is 11.4. The standard InChI is InChI=1S/C24H35ClNOP/c1-9-24(8,20-14-17(3)12-18(4)22(20)27)28-21-11-10-16(2)13-19(21)15-26(25)23(5,6)7/h10-14,27-28H,9,15H2,1-8H3. The summed E-state index contributed by atoms with van der Waals surface area (Å²) >= 11 is 6.60. The van der Waals surface area contributed by atoms with Crippen molar-refractivity contribution in [2.24, 2.45) is 0 Å². The van der Waals surface area contributed by atoms with Crippen molar-refractivity contribution in [3.8, 4) is 5.75 Å². The molecule has 0 fully saturated rings. The Morgan fingerprint density at radius 3 is 2.21 bits per heavy atom. The number of aromatic hydroxyl groups is 1. The molecule has 0 aliphatic carbocycles. The predicted octanol–water partition coefficient (Wildman–Crippen LogP) is 6.70. The molecule has 28 heavy (non-hydrogen) atoms. The highest BCUT2D eigenvalue weighted by Crippen LogP contribution is 2.48. The van der Waals surface area contributed by atoms with Gasteiger partial charge >= 0.3 is 0 Å². The smallest absolute Gasteiger partial charge is 0.122 e. The minimum Gasteiger partial charge on any atom is -0.507 e. The lowest BCUT2D eigenvalue weighted by Crippen LogP contribution is -2.34. The molecule has 0 radical (unpaired) electrons. The number of phenolic OH excluding ortho intramolecular Hbond substituents is 1. The van der Waals surface area contributed by atoms with E-state index in [9.17, 15) is 5.11 Å². The van der Waals surface area contributed by atoms with Crippen LogP contribution in [0.2, 0.25) is 0 Å². The molecule has 2 aromatic rings. The summed E-state index contributed by atoms with van der Waals surface area (Å²) < 4.78 is 1.88. The Kier molecular flexibility index (Phi) is 7.24. The summed E-state index contributed by atoms with van der Waals surface area (Å²) in [5, 5.41) is 12.0. The molecule has 2 rings (SSSR count). The van der Waals surface area contributed by atoms with Crippen LogP contribution < -0.4 is 5.30 Å². The third-order valence-corrected chi connectivity index (χ3v) is 8.01. The van der Waals surface area contributed by atoms with Crippen molar-refractivity contribution in [2.45, 2.75) is 79.1 Å². The van der Waals surface area contributed by atoms with Gasteiger partial charge in [0.1, 0.15) is 5.75 Å². The molecule has 154 valence electrons. The van der Waals surface area contributed by atoms with Crippen LogP contribution in [0, 0.1) is 20.8 Å². The number of nitrogens with zero attached hydrogens (tertiary/aromatic N) is 1. The molecule has 2 atom stereocenters. The van der Waals surface area contributed by atoms with E-state index >= 15 is 0 Å². The summed E-state index contributed by atoms with van der Waals surface area (Å²) in [6.45, 7) is 17.8. The van der Waals surface area contributed by atoms with Gasteiger partial charge in [0.25, 0.3) is 0 Å². The summed E-state index contributed by atoms with van der Waals surface area (Å²) in [7, 11) is 0.548. The average molecular weight is 420 g/mol. The van der Waals surface area contributed by atoms with Crippen LogP contribution in [-0.4, -0.2) is 15.1 Å². The first-order chi connectivity index (χ1) is 12.9. The van der Waals surface area contributed by atoms with Gasteiger partial charge in [-0.1, -0.05) is 63.9 Å². The predicted molar refractivity (Wildman–Crippen MR) is 126 cm³/mol. The number of aryl methyl sites for hydroxylation is 3. The van der Waals surface area contributed by atoms with Crippen LogP contribution in [0.4, 0.5) is 0 Å². The Balaban J connectivity index is 2.48. The maximum atomic E-state index is 10.8. The average Bonchev–Trinajstić information content (AvgIpc) is 2.59. The first kappa shape index (κ1) is 23.2. The maximum absolute atomic E-state index is 10.8. The zero-order valence-corrected chi connectivity index (χ0v) is 20.3. The van der Waals surface area contributed by atoms with Crippen molar-refractivity contribution in [1.82, 2.24) is 4.42 Å². The van der Waals surface area contributed by atoms with Gasteiger partial charge in [-0.25, -0.2) is 4.42 Å². The van der Waals surface area contributed by atoms with Crippen LogP contribution >= 0.6 is 20.4 Å². The van der Waals surface area contributed by atoms with Gasteiger partial charge in [-0.3, -0.25) is 0 Å². The molecule has 0 aliphatic heterocycles. The molecule has 2 unspecified atom stereocenters. The fourth-order valence-corrected chi connectivity index (χ4v) is 5.09. The zero-order valence-electron chi connectivity index (χ0n) is 18.6. The minimum atomic E-state index is -0.121. The molecule has 0 aromatic heterocycles. The van der Waals surface area contributed by atoms with Gasteiger partial charge in [0, 0.05) is 22.8 Å². The van der Waals surface area contributed by atoms with Crippen LogP contribution in [0.15, 0.2) is 30.3 Å². The van der Waals surface area contributed by atoms with Gasteiger partial charge in [-0.15, -0.1) is 0 Å². The topological polar surface area (TPSA) is 23.5 Å². The third kappa shape index (κ3) is 5.29. The SMILES string of the molecule is CCC(C)(Pc1ccc(C)cc1CN(Cl)C(C)(C)C)c1cc(C)cc(C)c1O. The van der Waals surface area contributed by atoms with E-state index < -0.39 is 0 Å². The minimum absolute atomic E-state index is 0.105. The van der Waals surface area contributed by atoms with E-state index in [0.29, 0.717) is 20.9 Å². The van der Waals surface area contributed by atoms with Crippen molar-refractivity contribution in [3.63, 3.8) is 0 Å². The van der Waals surface area contributed by atoms with Crippen LogP contribution in [0.3, 0.4) is 0 Å². The molecule has 0 saturated carbocycles. The second kappa shape index (κ2) is 8.74. The van der Waals surface area contributed by atoms with Crippen molar-refractivity contribution >= 4 is 25.7 Å². The summed E-state index contributed by atoms with van der Waals surface area (Å²) in [5.74, 6) is 0.435. The summed E-state index contributed by atoms with van der Waals surface area (Å²) in [6.07, 6.45) is 0.957. The molecule has 2 aromatic carbocycles. The molecule has 0 saturated heterocycles. The molecular weight excluding hydrogens is 385 g/mol. The Morgan fingerprint density at radius 2 is 1.64 bits per heavy atom. The lowest BCUT2D eigenvalue weighted by Gasteiger charge is -2.33. The van der Waals surface area contributed by atoms with Gasteiger partial charge < -0.3 is 5.11 Å². The monoisotopic (exact) mass is 419 g/mol. The molecule has 0 spiro atoms. The van der Waals surface area contributed by atoms with Crippen LogP contribution in [0.25, 0.3) is 0 Å². The lowest BCUT2D eigenvalue weighted by molar-refractivity contribution is 0.255. The van der Waals surface area contributed by atoms with Crippen molar-refractivity contribution in [3.05, 3.63) is 58.1 Å². The Hall–Kier alpha value is -1.08. The largest absolute Gasteiger partial charge is 0.507 e. The van der Waals surface area contributed by atoms with E-state index in [1.807, 2.05) is 17.4 Å². The van der Waals surface area contributed by atoms with E-state index in [2.05, 4.69) is 72.7 Å². The van der Waals surface area contributed by atoms with Crippen molar-refractivity contribution in [2.75, 3.05) is 0 Å². The first-order valence-electron chi connectivity index (χ1n) is 9.99. The second-order valence-electron chi connectivity index (χ2n) is 9.14. The fraction of sp³-hybridized carbons (Fsp3) is 0.500. The molecule has 0 heterocycles. The van der Waals surface area contributed by atoms with Crippen LogP contribution in [0.5, 0.6) is 5.75 Å². The van der Waals surface area contributed by atoms with E-state index in [0.717, 1.165) is 17.5 Å². The molecule has 4 heteroatoms. The highest BCUT2D eigenvalue weighted by molar-refractivity contribution is 7.48. The summed E-state index contributed by atoms with van der Waals surface area (Å²) in [6, 6.07) is 10.9. The summed E-state index contributed by atoms with van der Waals surface area (Å²) in [4.78, 5) is 0. The third-order valence-electron chi connectivity index (χ3n) is 5.45. The summed E-state index contributed by atoms with van der Waals surface area (Å²) in [5.41, 5.74) is 5.60. The molecular formula is C24H35ClNOP. The van der Waals surface area contributed by atoms with Crippen LogP contribution in [-0.2, 0) is 11.7 Å². The number of hydrogen-bond acceptors (Lipinski definition) is 2. The normalized spacial score (nSPS) is 14.8. The van der Waals surface area contributed by atoms with Gasteiger partial charge in [-0.05, 0) is 76.2 Å². The zero-order chi connectivity index (χ0) is 21.3. The quantitative estimate of drug-likeness (QED) is 0.416. The Morgan fingerprint density at radius 1 is 1.00 bits per heavy atom. The number of phenols is 1. The fourth-order valence-electron chi connectivity index (χ4n) is 3.39. The van der Waals surface area contributed by atoms with Gasteiger partial charge in [0.2, 0.25) is 0 Å². The lowest BCUT2D eigenvalue weighted by atomic mass is 9.93. The van der Waals surface area contributed by atoms with E-state index in [-0.39, 0.29) is 10.7 Å².